The number of aliphatic hydroxyl groups is 1. The summed E-state index contributed by atoms with van der Waals surface area (Å²) in [4.78, 5) is 10.3. The Labute approximate surface area is 120 Å². The molecule has 4 heteroatoms. The van der Waals surface area contributed by atoms with Crippen LogP contribution in [0, 0.1) is 13.8 Å². The molecule has 1 aromatic rings. The summed E-state index contributed by atoms with van der Waals surface area (Å²) in [6.45, 7) is 5.44. The summed E-state index contributed by atoms with van der Waals surface area (Å²) in [6.07, 6.45) is 2.31. The van der Waals surface area contributed by atoms with Crippen LogP contribution in [-0.4, -0.2) is 29.3 Å². The molecule has 0 saturated heterocycles. The van der Waals surface area contributed by atoms with Crippen molar-refractivity contribution < 1.29 is 15.0 Å². The van der Waals surface area contributed by atoms with Gasteiger partial charge in [0.2, 0.25) is 0 Å². The third-order valence-corrected chi connectivity index (χ3v) is 3.50. The lowest BCUT2D eigenvalue weighted by Crippen LogP contribution is -2.22. The molecule has 1 unspecified atom stereocenters. The van der Waals surface area contributed by atoms with E-state index in [0.717, 1.165) is 31.4 Å². The van der Waals surface area contributed by atoms with Crippen LogP contribution in [0.3, 0.4) is 0 Å². The summed E-state index contributed by atoms with van der Waals surface area (Å²) in [7, 11) is 0. The largest absolute Gasteiger partial charge is 0.481 e. The second kappa shape index (κ2) is 8.72. The molecule has 3 N–H and O–H groups in total. The zero-order valence-corrected chi connectivity index (χ0v) is 12.4. The Morgan fingerprint density at radius 3 is 2.60 bits per heavy atom. The van der Waals surface area contributed by atoms with Crippen LogP contribution in [-0.2, 0) is 4.79 Å². The fourth-order valence-electron chi connectivity index (χ4n) is 2.03. The van der Waals surface area contributed by atoms with Gasteiger partial charge in [-0.3, -0.25) is 4.79 Å². The number of rotatable bonds is 9. The summed E-state index contributed by atoms with van der Waals surface area (Å²) < 4.78 is 0. The first-order chi connectivity index (χ1) is 9.50. The second-order valence-corrected chi connectivity index (χ2v) is 5.27. The minimum Gasteiger partial charge on any atom is -0.481 e. The lowest BCUT2D eigenvalue weighted by molar-refractivity contribution is -0.137. The van der Waals surface area contributed by atoms with Crippen LogP contribution < -0.4 is 5.32 Å². The van der Waals surface area contributed by atoms with Gasteiger partial charge in [0.15, 0.2) is 0 Å². The van der Waals surface area contributed by atoms with Gasteiger partial charge >= 0.3 is 5.97 Å². The molecular formula is C16H25NO3. The first kappa shape index (κ1) is 16.7. The van der Waals surface area contributed by atoms with Crippen molar-refractivity contribution in [3.8, 4) is 0 Å². The minimum absolute atomic E-state index is 0.241. The molecule has 112 valence electrons. The molecule has 0 saturated carbocycles. The molecule has 0 aliphatic heterocycles. The van der Waals surface area contributed by atoms with Crippen LogP contribution in [0.25, 0.3) is 0 Å². The molecule has 0 heterocycles. The number of hydrogen-bond acceptors (Lipinski definition) is 3. The van der Waals surface area contributed by atoms with Gasteiger partial charge in [0, 0.05) is 13.0 Å². The Bertz CT molecular complexity index is 432. The van der Waals surface area contributed by atoms with Gasteiger partial charge in [-0.05, 0) is 49.9 Å². The van der Waals surface area contributed by atoms with E-state index in [2.05, 4.69) is 12.2 Å². The van der Waals surface area contributed by atoms with Crippen LogP contribution >= 0.6 is 0 Å². The monoisotopic (exact) mass is 279 g/mol. The van der Waals surface area contributed by atoms with E-state index in [9.17, 15) is 9.90 Å². The predicted octanol–water partition coefficient (Wildman–Crippen LogP) is 2.57. The molecule has 0 spiro atoms. The van der Waals surface area contributed by atoms with Crippen molar-refractivity contribution in [2.45, 2.75) is 45.6 Å². The van der Waals surface area contributed by atoms with Crippen molar-refractivity contribution in [2.24, 2.45) is 0 Å². The van der Waals surface area contributed by atoms with Gasteiger partial charge in [-0.1, -0.05) is 24.6 Å². The van der Waals surface area contributed by atoms with E-state index in [0.29, 0.717) is 6.54 Å². The van der Waals surface area contributed by atoms with E-state index < -0.39 is 12.1 Å². The zero-order chi connectivity index (χ0) is 15.0. The van der Waals surface area contributed by atoms with Gasteiger partial charge in [0.05, 0.1) is 6.10 Å². The fraction of sp³-hybridized carbons (Fsp3) is 0.562. The Kier molecular flexibility index (Phi) is 7.26. The highest BCUT2D eigenvalue weighted by Crippen LogP contribution is 2.16. The number of aliphatic carboxylic acids is 1. The third kappa shape index (κ3) is 6.17. The SMILES string of the molecule is Cc1ccc(C(O)CNCCCCCC(=O)O)cc1C. The lowest BCUT2D eigenvalue weighted by Gasteiger charge is -2.13. The number of benzene rings is 1. The number of carboxylic acids is 1. The number of carbonyl (C=O) groups is 1. The number of aliphatic hydroxyl groups excluding tert-OH is 1. The molecule has 20 heavy (non-hydrogen) atoms. The number of hydrogen-bond donors (Lipinski definition) is 3. The standard InChI is InChI=1S/C16H25NO3/c1-12-7-8-14(10-13(12)2)15(18)11-17-9-5-3-4-6-16(19)20/h7-8,10,15,17-18H,3-6,9,11H2,1-2H3,(H,19,20). The number of unbranched alkanes of at least 4 members (excludes halogenated alkanes) is 2. The molecule has 1 atom stereocenters. The molecule has 0 aromatic heterocycles. The van der Waals surface area contributed by atoms with Crippen LogP contribution in [0.15, 0.2) is 18.2 Å². The van der Waals surface area contributed by atoms with E-state index in [1.54, 1.807) is 0 Å². The molecule has 0 amide bonds. The van der Waals surface area contributed by atoms with Gasteiger partial charge < -0.3 is 15.5 Å². The summed E-state index contributed by atoms with van der Waals surface area (Å²) in [5.41, 5.74) is 3.36. The average Bonchev–Trinajstić information content (AvgIpc) is 2.40. The smallest absolute Gasteiger partial charge is 0.303 e. The molecule has 0 fully saturated rings. The van der Waals surface area contributed by atoms with Gasteiger partial charge in [-0.15, -0.1) is 0 Å². The first-order valence-corrected chi connectivity index (χ1v) is 7.18. The summed E-state index contributed by atoms with van der Waals surface area (Å²) in [5.74, 6) is -0.733. The van der Waals surface area contributed by atoms with E-state index >= 15 is 0 Å². The summed E-state index contributed by atoms with van der Waals surface area (Å²) in [6, 6.07) is 6.01. The lowest BCUT2D eigenvalue weighted by atomic mass is 10.0. The second-order valence-electron chi connectivity index (χ2n) is 5.27. The highest BCUT2D eigenvalue weighted by Gasteiger charge is 2.07. The number of carboxylic acid groups (broad SMARTS) is 1. The maximum Gasteiger partial charge on any atom is 0.303 e. The molecule has 1 rings (SSSR count). The van der Waals surface area contributed by atoms with E-state index in [1.807, 2.05) is 25.1 Å². The fourth-order valence-corrected chi connectivity index (χ4v) is 2.03. The highest BCUT2D eigenvalue weighted by atomic mass is 16.4. The Hall–Kier alpha value is -1.39. The average molecular weight is 279 g/mol. The Balaban J connectivity index is 2.18. The van der Waals surface area contributed by atoms with Crippen molar-refractivity contribution in [2.75, 3.05) is 13.1 Å². The number of nitrogens with one attached hydrogen (secondary N) is 1. The van der Waals surface area contributed by atoms with Crippen molar-refractivity contribution in [3.05, 3.63) is 34.9 Å². The molecule has 4 nitrogen and oxygen atoms in total. The topological polar surface area (TPSA) is 69.6 Å². The van der Waals surface area contributed by atoms with Crippen molar-refractivity contribution >= 4 is 5.97 Å². The van der Waals surface area contributed by atoms with Gasteiger partial charge in [0.25, 0.3) is 0 Å². The molecule has 0 aliphatic carbocycles. The Morgan fingerprint density at radius 1 is 1.20 bits per heavy atom. The van der Waals surface area contributed by atoms with Crippen LogP contribution in [0.2, 0.25) is 0 Å². The van der Waals surface area contributed by atoms with E-state index in [1.165, 1.54) is 11.1 Å². The molecule has 0 radical (unpaired) electrons. The van der Waals surface area contributed by atoms with Crippen molar-refractivity contribution in [1.29, 1.82) is 0 Å². The van der Waals surface area contributed by atoms with Crippen LogP contribution in [0.1, 0.15) is 48.5 Å². The zero-order valence-electron chi connectivity index (χ0n) is 12.4. The van der Waals surface area contributed by atoms with Crippen molar-refractivity contribution in [1.82, 2.24) is 5.32 Å². The van der Waals surface area contributed by atoms with Gasteiger partial charge in [-0.2, -0.15) is 0 Å². The van der Waals surface area contributed by atoms with Gasteiger partial charge in [-0.25, -0.2) is 0 Å². The highest BCUT2D eigenvalue weighted by molar-refractivity contribution is 5.66. The molecule has 1 aromatic carbocycles. The first-order valence-electron chi connectivity index (χ1n) is 7.18. The van der Waals surface area contributed by atoms with E-state index in [4.69, 9.17) is 5.11 Å². The maximum absolute atomic E-state index is 10.3. The van der Waals surface area contributed by atoms with E-state index in [-0.39, 0.29) is 6.42 Å². The molecular weight excluding hydrogens is 254 g/mol. The third-order valence-electron chi connectivity index (χ3n) is 3.50. The summed E-state index contributed by atoms with van der Waals surface area (Å²) >= 11 is 0. The molecule has 0 aliphatic rings. The Morgan fingerprint density at radius 2 is 1.95 bits per heavy atom. The van der Waals surface area contributed by atoms with Gasteiger partial charge in [0.1, 0.15) is 0 Å². The normalized spacial score (nSPS) is 12.3. The number of aryl methyl sites for hydroxylation is 2. The quantitative estimate of drug-likeness (QED) is 0.608. The van der Waals surface area contributed by atoms with Crippen molar-refractivity contribution in [3.63, 3.8) is 0 Å². The minimum atomic E-state index is -0.733. The van der Waals surface area contributed by atoms with Crippen LogP contribution in [0.4, 0.5) is 0 Å². The molecule has 0 bridgehead atoms. The maximum atomic E-state index is 10.3. The predicted molar refractivity (Wildman–Crippen MR) is 79.8 cm³/mol. The summed E-state index contributed by atoms with van der Waals surface area (Å²) in [5, 5.41) is 21.8. The van der Waals surface area contributed by atoms with Crippen LogP contribution in [0.5, 0.6) is 0 Å².